The Bertz CT molecular complexity index is 1180. The number of aromatic nitrogens is 2. The molecule has 0 unspecified atom stereocenters. The number of fused-ring (bicyclic) bond motifs is 8. The van der Waals surface area contributed by atoms with Crippen LogP contribution in [0.25, 0.3) is 10.9 Å². The highest BCUT2D eigenvalue weighted by atomic mass is 16.2. The van der Waals surface area contributed by atoms with Gasteiger partial charge in [0.25, 0.3) is 5.56 Å². The standard InChI is InChI=1S/C21H18N4O2/c1-11-20(26)25-17(10-14-12-6-2-4-8-15(12)22-18(14)25)19-23-16-9-5-3-7-13(16)21(27)24(11)19/h2-9,11,14,17-18,22H,10H2,1H3/t11-,14+,17+,18+/m1/s1. The highest BCUT2D eigenvalue weighted by molar-refractivity contribution is 5.85. The van der Waals surface area contributed by atoms with Crippen molar-refractivity contribution in [2.75, 3.05) is 5.32 Å². The Labute approximate surface area is 155 Å². The summed E-state index contributed by atoms with van der Waals surface area (Å²) in [4.78, 5) is 33.1. The molecule has 0 radical (unpaired) electrons. The van der Waals surface area contributed by atoms with E-state index in [4.69, 9.17) is 4.98 Å². The average molecular weight is 358 g/mol. The van der Waals surface area contributed by atoms with E-state index in [2.05, 4.69) is 17.4 Å². The van der Waals surface area contributed by atoms with Gasteiger partial charge >= 0.3 is 0 Å². The second-order valence-electron chi connectivity index (χ2n) is 7.62. The highest BCUT2D eigenvalue weighted by Gasteiger charge is 2.53. The Morgan fingerprint density at radius 2 is 1.85 bits per heavy atom. The van der Waals surface area contributed by atoms with Crippen molar-refractivity contribution in [2.24, 2.45) is 0 Å². The monoisotopic (exact) mass is 358 g/mol. The molecule has 0 aliphatic carbocycles. The Morgan fingerprint density at radius 1 is 1.07 bits per heavy atom. The molecule has 4 atom stereocenters. The Kier molecular flexibility index (Phi) is 2.75. The van der Waals surface area contributed by atoms with E-state index >= 15 is 0 Å². The first-order valence-electron chi connectivity index (χ1n) is 9.34. The molecule has 134 valence electrons. The zero-order valence-corrected chi connectivity index (χ0v) is 14.8. The van der Waals surface area contributed by atoms with Crippen LogP contribution in [-0.4, -0.2) is 26.5 Å². The molecule has 1 fully saturated rings. The maximum Gasteiger partial charge on any atom is 0.262 e. The van der Waals surface area contributed by atoms with Crippen LogP contribution in [0.2, 0.25) is 0 Å². The number of anilines is 1. The van der Waals surface area contributed by atoms with Crippen molar-refractivity contribution >= 4 is 22.5 Å². The van der Waals surface area contributed by atoms with E-state index in [0.717, 1.165) is 12.1 Å². The van der Waals surface area contributed by atoms with Crippen LogP contribution in [0.3, 0.4) is 0 Å². The molecule has 0 saturated carbocycles. The van der Waals surface area contributed by atoms with Crippen LogP contribution in [0.15, 0.2) is 53.3 Å². The number of carbonyl (C=O) groups is 1. The smallest absolute Gasteiger partial charge is 0.262 e. The van der Waals surface area contributed by atoms with Crippen molar-refractivity contribution in [3.05, 3.63) is 70.3 Å². The molecule has 3 aliphatic rings. The van der Waals surface area contributed by atoms with Gasteiger partial charge in [0.2, 0.25) is 5.91 Å². The van der Waals surface area contributed by atoms with E-state index in [9.17, 15) is 9.59 Å². The molecule has 3 aliphatic heterocycles. The zero-order valence-electron chi connectivity index (χ0n) is 14.8. The summed E-state index contributed by atoms with van der Waals surface area (Å²) in [6.45, 7) is 1.80. The minimum atomic E-state index is -0.551. The first-order chi connectivity index (χ1) is 13.1. The van der Waals surface area contributed by atoms with Gasteiger partial charge in [-0.05, 0) is 37.1 Å². The fourth-order valence-electron chi connectivity index (χ4n) is 5.07. The first kappa shape index (κ1) is 15.0. The molecular weight excluding hydrogens is 340 g/mol. The zero-order chi connectivity index (χ0) is 18.3. The summed E-state index contributed by atoms with van der Waals surface area (Å²) in [6.07, 6.45) is 0.706. The van der Waals surface area contributed by atoms with Crippen molar-refractivity contribution < 1.29 is 4.79 Å². The molecule has 27 heavy (non-hydrogen) atoms. The van der Waals surface area contributed by atoms with Crippen molar-refractivity contribution in [3.8, 4) is 0 Å². The van der Waals surface area contributed by atoms with Crippen molar-refractivity contribution in [2.45, 2.75) is 37.5 Å². The van der Waals surface area contributed by atoms with Gasteiger partial charge in [-0.1, -0.05) is 30.3 Å². The molecule has 1 aromatic heterocycles. The minimum Gasteiger partial charge on any atom is -0.364 e. The molecule has 0 spiro atoms. The summed E-state index contributed by atoms with van der Waals surface area (Å²) in [5.74, 6) is 0.913. The molecule has 1 amide bonds. The van der Waals surface area contributed by atoms with Crippen LogP contribution in [0.1, 0.15) is 42.7 Å². The van der Waals surface area contributed by atoms with E-state index in [1.807, 2.05) is 35.2 Å². The number of benzene rings is 2. The summed E-state index contributed by atoms with van der Waals surface area (Å²) in [7, 11) is 0. The van der Waals surface area contributed by atoms with Gasteiger partial charge in [-0.2, -0.15) is 0 Å². The van der Waals surface area contributed by atoms with E-state index < -0.39 is 6.04 Å². The van der Waals surface area contributed by atoms with E-state index in [1.54, 1.807) is 17.6 Å². The lowest BCUT2D eigenvalue weighted by molar-refractivity contribution is -0.139. The van der Waals surface area contributed by atoms with Gasteiger partial charge in [0.15, 0.2) is 0 Å². The van der Waals surface area contributed by atoms with Crippen LogP contribution in [0.5, 0.6) is 0 Å². The number of nitrogens with one attached hydrogen (secondary N) is 1. The van der Waals surface area contributed by atoms with Crippen molar-refractivity contribution in [1.82, 2.24) is 14.5 Å². The third kappa shape index (κ3) is 1.77. The van der Waals surface area contributed by atoms with E-state index in [-0.39, 0.29) is 29.6 Å². The van der Waals surface area contributed by atoms with Gasteiger partial charge in [-0.25, -0.2) is 4.98 Å². The highest BCUT2D eigenvalue weighted by Crippen LogP contribution is 2.52. The van der Waals surface area contributed by atoms with Crippen LogP contribution in [-0.2, 0) is 4.79 Å². The largest absolute Gasteiger partial charge is 0.364 e. The van der Waals surface area contributed by atoms with Crippen LogP contribution < -0.4 is 10.9 Å². The Hall–Kier alpha value is -3.15. The van der Waals surface area contributed by atoms with Crippen LogP contribution in [0.4, 0.5) is 5.69 Å². The van der Waals surface area contributed by atoms with Gasteiger partial charge in [0, 0.05) is 11.6 Å². The minimum absolute atomic E-state index is 0.0144. The van der Waals surface area contributed by atoms with Crippen molar-refractivity contribution in [3.63, 3.8) is 0 Å². The second-order valence-corrected chi connectivity index (χ2v) is 7.62. The quantitative estimate of drug-likeness (QED) is 0.671. The average Bonchev–Trinajstić information content (AvgIpc) is 3.22. The number of para-hydroxylation sites is 2. The fraction of sp³-hybridized carbons (Fsp3) is 0.286. The molecule has 6 rings (SSSR count). The molecule has 0 bridgehead atoms. The lowest BCUT2D eigenvalue weighted by Crippen LogP contribution is -2.51. The van der Waals surface area contributed by atoms with Gasteiger partial charge in [-0.15, -0.1) is 0 Å². The molecule has 4 heterocycles. The maximum atomic E-state index is 13.2. The molecule has 6 nitrogen and oxygen atoms in total. The summed E-state index contributed by atoms with van der Waals surface area (Å²) in [6, 6.07) is 14.9. The topological polar surface area (TPSA) is 67.2 Å². The SMILES string of the molecule is C[C@@H]1C(=O)N2[C@@H]3Nc4ccccc4[C@@H]3C[C@H]2c2nc3ccccc3c(=O)n21. The van der Waals surface area contributed by atoms with Crippen LogP contribution in [0, 0.1) is 0 Å². The van der Waals surface area contributed by atoms with E-state index in [0.29, 0.717) is 16.7 Å². The second kappa shape index (κ2) is 4.97. The van der Waals surface area contributed by atoms with E-state index in [1.165, 1.54) is 5.56 Å². The third-order valence-corrected chi connectivity index (χ3v) is 6.29. The molecule has 3 aromatic rings. The fourth-order valence-corrected chi connectivity index (χ4v) is 5.07. The van der Waals surface area contributed by atoms with Gasteiger partial charge in [0.05, 0.1) is 16.9 Å². The number of hydrogen-bond donors (Lipinski definition) is 1. The van der Waals surface area contributed by atoms with Gasteiger partial charge in [0.1, 0.15) is 18.0 Å². The summed E-state index contributed by atoms with van der Waals surface area (Å²) in [5, 5.41) is 4.08. The predicted octanol–water partition coefficient (Wildman–Crippen LogP) is 2.78. The number of amides is 1. The Morgan fingerprint density at radius 3 is 2.74 bits per heavy atom. The molecular formula is C21H18N4O2. The number of carbonyl (C=O) groups excluding carboxylic acids is 1. The predicted molar refractivity (Wildman–Crippen MR) is 102 cm³/mol. The first-order valence-corrected chi connectivity index (χ1v) is 9.34. The normalized spacial score (nSPS) is 27.7. The molecule has 1 saturated heterocycles. The summed E-state index contributed by atoms with van der Waals surface area (Å²) >= 11 is 0. The molecule has 2 aromatic carbocycles. The number of hydrogen-bond acceptors (Lipinski definition) is 4. The molecule has 6 heteroatoms. The summed E-state index contributed by atoms with van der Waals surface area (Å²) < 4.78 is 1.61. The lowest BCUT2D eigenvalue weighted by Gasteiger charge is -2.38. The van der Waals surface area contributed by atoms with Gasteiger partial charge in [-0.3, -0.25) is 14.2 Å². The Balaban J connectivity index is 1.57. The maximum absolute atomic E-state index is 13.2. The number of nitrogens with zero attached hydrogens (tertiary/aromatic N) is 3. The van der Waals surface area contributed by atoms with Gasteiger partial charge < -0.3 is 10.2 Å². The van der Waals surface area contributed by atoms with Crippen LogP contribution >= 0.6 is 0 Å². The van der Waals surface area contributed by atoms with Crippen molar-refractivity contribution in [1.29, 1.82) is 0 Å². The summed E-state index contributed by atoms with van der Waals surface area (Å²) in [5.41, 5.74) is 2.91. The number of rotatable bonds is 0. The lowest BCUT2D eigenvalue weighted by atomic mass is 9.96. The third-order valence-electron chi connectivity index (χ3n) is 6.29. The molecule has 1 N–H and O–H groups in total.